The summed E-state index contributed by atoms with van der Waals surface area (Å²) in [5.41, 5.74) is 2.81. The highest BCUT2D eigenvalue weighted by Gasteiger charge is 2.04. The van der Waals surface area contributed by atoms with Crippen LogP contribution in [0.15, 0.2) is 79.0 Å². The predicted octanol–water partition coefficient (Wildman–Crippen LogP) is 4.36. The first kappa shape index (κ1) is 15.0. The summed E-state index contributed by atoms with van der Waals surface area (Å²) in [6.07, 6.45) is 6.86. The average Bonchev–Trinajstić information content (AvgIpc) is 2.60. The number of anilines is 1. The molecule has 0 atom stereocenters. The van der Waals surface area contributed by atoms with E-state index in [1.807, 2.05) is 60.7 Å². The molecule has 3 nitrogen and oxygen atoms in total. The number of nitrogens with zero attached hydrogens (tertiary/aromatic N) is 1. The van der Waals surface area contributed by atoms with Crippen LogP contribution in [0.1, 0.15) is 12.0 Å². The first-order valence-corrected chi connectivity index (χ1v) is 7.65. The average molecular weight is 302 g/mol. The smallest absolute Gasteiger partial charge is 0.228 e. The van der Waals surface area contributed by atoms with Crippen molar-refractivity contribution in [2.45, 2.75) is 12.8 Å². The maximum Gasteiger partial charge on any atom is 0.228 e. The molecule has 0 spiro atoms. The van der Waals surface area contributed by atoms with E-state index in [2.05, 4.69) is 22.4 Å². The van der Waals surface area contributed by atoms with Crippen LogP contribution in [-0.2, 0) is 11.2 Å². The lowest BCUT2D eigenvalue weighted by atomic mass is 10.1. The molecule has 0 saturated heterocycles. The van der Waals surface area contributed by atoms with Crippen molar-refractivity contribution in [2.75, 3.05) is 5.32 Å². The number of benzene rings is 2. The fraction of sp³-hybridized carbons (Fsp3) is 0.100. The zero-order valence-electron chi connectivity index (χ0n) is 12.8. The minimum atomic E-state index is -0.0348. The van der Waals surface area contributed by atoms with E-state index >= 15 is 0 Å². The van der Waals surface area contributed by atoms with Gasteiger partial charge in [0.2, 0.25) is 5.91 Å². The van der Waals surface area contributed by atoms with Crippen molar-refractivity contribution in [3.8, 4) is 0 Å². The number of hydrogen-bond acceptors (Lipinski definition) is 2. The Morgan fingerprint density at radius 2 is 1.78 bits per heavy atom. The summed E-state index contributed by atoms with van der Waals surface area (Å²) in [6, 6.07) is 19.8. The van der Waals surface area contributed by atoms with Crippen molar-refractivity contribution < 1.29 is 4.79 Å². The van der Waals surface area contributed by atoms with Crippen molar-refractivity contribution in [1.82, 2.24) is 4.98 Å². The molecule has 3 heteroatoms. The van der Waals surface area contributed by atoms with E-state index in [9.17, 15) is 4.79 Å². The second-order valence-electron chi connectivity index (χ2n) is 5.29. The van der Waals surface area contributed by atoms with Gasteiger partial charge in [-0.15, -0.1) is 0 Å². The third kappa shape index (κ3) is 4.04. The SMILES string of the molecule is O=C(C/C=C/Cc1ccccc1)Nc1cccc2cccnc12. The molecule has 23 heavy (non-hydrogen) atoms. The summed E-state index contributed by atoms with van der Waals surface area (Å²) in [6.45, 7) is 0. The zero-order chi connectivity index (χ0) is 15.9. The van der Waals surface area contributed by atoms with Crippen LogP contribution in [-0.4, -0.2) is 10.9 Å². The lowest BCUT2D eigenvalue weighted by Crippen LogP contribution is -2.10. The third-order valence-corrected chi connectivity index (χ3v) is 3.57. The largest absolute Gasteiger partial charge is 0.324 e. The number of amides is 1. The highest BCUT2D eigenvalue weighted by molar-refractivity contribution is 6.00. The molecule has 0 fully saturated rings. The molecule has 0 aliphatic carbocycles. The van der Waals surface area contributed by atoms with Crippen LogP contribution in [0, 0.1) is 0 Å². The first-order chi connectivity index (χ1) is 11.3. The standard InChI is InChI=1S/C20H18N2O/c23-19(14-5-4-10-16-8-2-1-3-9-16)22-18-13-6-11-17-12-7-15-21-20(17)18/h1-9,11-13,15H,10,14H2,(H,22,23)/b5-4+. The Morgan fingerprint density at radius 1 is 0.957 bits per heavy atom. The van der Waals surface area contributed by atoms with Crippen molar-refractivity contribution in [1.29, 1.82) is 0 Å². The van der Waals surface area contributed by atoms with E-state index in [0.29, 0.717) is 6.42 Å². The molecule has 1 amide bonds. The van der Waals surface area contributed by atoms with Crippen LogP contribution >= 0.6 is 0 Å². The first-order valence-electron chi connectivity index (χ1n) is 7.65. The number of carbonyl (C=O) groups excluding carboxylic acids is 1. The van der Waals surface area contributed by atoms with E-state index in [1.165, 1.54) is 5.56 Å². The van der Waals surface area contributed by atoms with E-state index < -0.39 is 0 Å². The molecule has 3 rings (SSSR count). The topological polar surface area (TPSA) is 42.0 Å². The van der Waals surface area contributed by atoms with Gasteiger partial charge in [-0.1, -0.05) is 60.7 Å². The molecule has 0 aliphatic heterocycles. The molecule has 0 radical (unpaired) electrons. The van der Waals surface area contributed by atoms with Crippen LogP contribution < -0.4 is 5.32 Å². The Labute approximate surface area is 135 Å². The number of aromatic nitrogens is 1. The van der Waals surface area contributed by atoms with Gasteiger partial charge in [-0.05, 0) is 24.1 Å². The number of fused-ring (bicyclic) bond motifs is 1. The van der Waals surface area contributed by atoms with Crippen LogP contribution in [0.4, 0.5) is 5.69 Å². The van der Waals surface area contributed by atoms with Gasteiger partial charge in [0.05, 0.1) is 11.2 Å². The van der Waals surface area contributed by atoms with E-state index in [-0.39, 0.29) is 5.91 Å². The monoisotopic (exact) mass is 302 g/mol. The predicted molar refractivity (Wildman–Crippen MR) is 94.3 cm³/mol. The fourth-order valence-electron chi connectivity index (χ4n) is 2.43. The summed E-state index contributed by atoms with van der Waals surface area (Å²) >= 11 is 0. The number of carbonyl (C=O) groups is 1. The third-order valence-electron chi connectivity index (χ3n) is 3.57. The lowest BCUT2D eigenvalue weighted by molar-refractivity contribution is -0.115. The Balaban J connectivity index is 1.59. The summed E-state index contributed by atoms with van der Waals surface area (Å²) in [5.74, 6) is -0.0348. The van der Waals surface area contributed by atoms with Crippen LogP contribution in [0.3, 0.4) is 0 Å². The molecule has 0 saturated carbocycles. The zero-order valence-corrected chi connectivity index (χ0v) is 12.8. The van der Waals surface area contributed by atoms with Crippen LogP contribution in [0.2, 0.25) is 0 Å². The molecule has 0 unspecified atom stereocenters. The molecule has 2 aromatic carbocycles. The fourth-order valence-corrected chi connectivity index (χ4v) is 2.43. The van der Waals surface area contributed by atoms with Gasteiger partial charge in [0.25, 0.3) is 0 Å². The van der Waals surface area contributed by atoms with Gasteiger partial charge in [-0.25, -0.2) is 0 Å². The number of hydrogen-bond donors (Lipinski definition) is 1. The second-order valence-corrected chi connectivity index (χ2v) is 5.29. The van der Waals surface area contributed by atoms with E-state index in [1.54, 1.807) is 6.20 Å². The molecule has 0 bridgehead atoms. The normalized spacial score (nSPS) is 11.0. The van der Waals surface area contributed by atoms with Gasteiger partial charge in [-0.2, -0.15) is 0 Å². The van der Waals surface area contributed by atoms with Crippen molar-refractivity contribution in [3.63, 3.8) is 0 Å². The van der Waals surface area contributed by atoms with Gasteiger partial charge < -0.3 is 5.32 Å². The molecule has 3 aromatic rings. The molecular formula is C20H18N2O. The molecule has 114 valence electrons. The van der Waals surface area contributed by atoms with Crippen LogP contribution in [0.5, 0.6) is 0 Å². The molecule has 0 aliphatic rings. The van der Waals surface area contributed by atoms with Gasteiger partial charge in [0.15, 0.2) is 0 Å². The number of para-hydroxylation sites is 1. The molecular weight excluding hydrogens is 284 g/mol. The van der Waals surface area contributed by atoms with Crippen molar-refractivity contribution in [2.24, 2.45) is 0 Å². The van der Waals surface area contributed by atoms with Crippen LogP contribution in [0.25, 0.3) is 10.9 Å². The Hall–Kier alpha value is -2.94. The van der Waals surface area contributed by atoms with E-state index in [0.717, 1.165) is 23.0 Å². The van der Waals surface area contributed by atoms with Gasteiger partial charge >= 0.3 is 0 Å². The molecule has 1 aromatic heterocycles. The summed E-state index contributed by atoms with van der Waals surface area (Å²) < 4.78 is 0. The van der Waals surface area contributed by atoms with Crippen molar-refractivity contribution >= 4 is 22.5 Å². The number of allylic oxidation sites excluding steroid dienone is 1. The van der Waals surface area contributed by atoms with E-state index in [4.69, 9.17) is 0 Å². The van der Waals surface area contributed by atoms with Gasteiger partial charge in [0, 0.05) is 18.0 Å². The Morgan fingerprint density at radius 3 is 2.65 bits per heavy atom. The highest BCUT2D eigenvalue weighted by Crippen LogP contribution is 2.20. The maximum atomic E-state index is 12.1. The second kappa shape index (κ2) is 7.36. The van der Waals surface area contributed by atoms with Crippen molar-refractivity contribution in [3.05, 3.63) is 84.6 Å². The maximum absolute atomic E-state index is 12.1. The van der Waals surface area contributed by atoms with Gasteiger partial charge in [0.1, 0.15) is 0 Å². The quantitative estimate of drug-likeness (QED) is 0.711. The summed E-state index contributed by atoms with van der Waals surface area (Å²) in [7, 11) is 0. The minimum Gasteiger partial charge on any atom is -0.324 e. The minimum absolute atomic E-state index is 0.0348. The molecule has 1 heterocycles. The summed E-state index contributed by atoms with van der Waals surface area (Å²) in [5, 5.41) is 3.95. The Bertz CT molecular complexity index is 820. The lowest BCUT2D eigenvalue weighted by Gasteiger charge is -2.06. The van der Waals surface area contributed by atoms with Gasteiger partial charge in [-0.3, -0.25) is 9.78 Å². The molecule has 1 N–H and O–H groups in total. The number of nitrogens with one attached hydrogen (secondary N) is 1. The number of pyridine rings is 1. The highest BCUT2D eigenvalue weighted by atomic mass is 16.1. The number of rotatable bonds is 5. The summed E-state index contributed by atoms with van der Waals surface area (Å²) in [4.78, 5) is 16.4. The Kier molecular flexibility index (Phi) is 4.79.